The van der Waals surface area contributed by atoms with Crippen LogP contribution in [0.3, 0.4) is 0 Å². The van der Waals surface area contributed by atoms with Crippen molar-refractivity contribution in [2.24, 2.45) is 0 Å². The van der Waals surface area contributed by atoms with Crippen LogP contribution >= 0.6 is 23.2 Å². The molecular weight excluding hydrogens is 385 g/mol. The van der Waals surface area contributed by atoms with Crippen molar-refractivity contribution in [2.75, 3.05) is 0 Å². The van der Waals surface area contributed by atoms with Gasteiger partial charge in [0.2, 0.25) is 10.6 Å². The van der Waals surface area contributed by atoms with Crippen molar-refractivity contribution in [1.29, 1.82) is 0 Å². The standard InChI is InChI=1S/C15H14B7Cl2N3O/c16-4-1-2-5(17)8(20)9(21)10(22)12(2)28-11(1)3(6(18)7(4)19)13-25-14(23)27-15(24)26-13/h16-22H2. The lowest BCUT2D eigenvalue weighted by atomic mass is 9.64. The minimum atomic E-state index is 0.0657. The molecule has 28 heavy (non-hydrogen) atoms. The van der Waals surface area contributed by atoms with E-state index in [9.17, 15) is 0 Å². The molecule has 4 nitrogen and oxygen atoms in total. The maximum Gasteiger partial charge on any atom is 0.227 e. The van der Waals surface area contributed by atoms with E-state index >= 15 is 0 Å². The maximum atomic E-state index is 6.50. The van der Waals surface area contributed by atoms with Crippen LogP contribution in [0, 0.1) is 0 Å². The molecule has 0 fully saturated rings. The highest BCUT2D eigenvalue weighted by Gasteiger charge is 2.24. The summed E-state index contributed by atoms with van der Waals surface area (Å²) < 4.78 is 6.50. The lowest BCUT2D eigenvalue weighted by Crippen LogP contribution is -2.48. The summed E-state index contributed by atoms with van der Waals surface area (Å²) in [6.45, 7) is 0. The first kappa shape index (κ1) is 19.6. The van der Waals surface area contributed by atoms with Gasteiger partial charge in [-0.05, 0) is 23.2 Å². The predicted molar refractivity (Wildman–Crippen MR) is 140 cm³/mol. The first-order chi connectivity index (χ1) is 13.1. The van der Waals surface area contributed by atoms with Crippen LogP contribution < -0.4 is 38.2 Å². The number of halogens is 2. The van der Waals surface area contributed by atoms with E-state index in [4.69, 9.17) is 27.6 Å². The Hall–Kier alpha value is -1.72. The minimum Gasteiger partial charge on any atom is -0.456 e. The molecule has 2 aromatic carbocycles. The molecule has 0 N–H and O–H groups in total. The van der Waals surface area contributed by atoms with Gasteiger partial charge in [-0.3, -0.25) is 0 Å². The third-order valence-corrected chi connectivity index (χ3v) is 6.56. The lowest BCUT2D eigenvalue weighted by Gasteiger charge is -2.14. The molecule has 0 radical (unpaired) electrons. The van der Waals surface area contributed by atoms with Crippen LogP contribution in [0.1, 0.15) is 0 Å². The van der Waals surface area contributed by atoms with Gasteiger partial charge >= 0.3 is 0 Å². The number of hydrogen-bond donors (Lipinski definition) is 0. The van der Waals surface area contributed by atoms with E-state index in [2.05, 4.69) is 62.0 Å². The molecule has 4 rings (SSSR count). The zero-order valence-electron chi connectivity index (χ0n) is 17.0. The Morgan fingerprint density at radius 2 is 1.00 bits per heavy atom. The summed E-state index contributed by atoms with van der Waals surface area (Å²) in [5.74, 6) is 0.429. The normalized spacial score (nSPS) is 11.5. The molecule has 2 aromatic heterocycles. The smallest absolute Gasteiger partial charge is 0.227 e. The van der Waals surface area contributed by atoms with Crippen LogP contribution in [0.4, 0.5) is 0 Å². The van der Waals surface area contributed by atoms with E-state index < -0.39 is 0 Å². The summed E-state index contributed by atoms with van der Waals surface area (Å²) >= 11 is 12.1. The molecule has 0 unspecified atom stereocenters. The minimum absolute atomic E-state index is 0.0657. The second kappa shape index (κ2) is 6.67. The Labute approximate surface area is 179 Å². The van der Waals surface area contributed by atoms with Crippen LogP contribution in [-0.2, 0) is 0 Å². The van der Waals surface area contributed by atoms with Crippen molar-refractivity contribution >= 4 is 138 Å². The van der Waals surface area contributed by atoms with E-state index in [1.54, 1.807) is 0 Å². The van der Waals surface area contributed by atoms with Gasteiger partial charge in [-0.15, -0.1) is 5.46 Å². The SMILES string of the molecule is Bc1c(B)c(B)c2c(oc3c(-c4nc(Cl)nc(Cl)n4)c(B)c(B)c(B)c32)c1B. The molecule has 0 saturated heterocycles. The van der Waals surface area contributed by atoms with Crippen molar-refractivity contribution in [2.45, 2.75) is 0 Å². The fourth-order valence-electron chi connectivity index (χ4n) is 4.04. The molecule has 13 heteroatoms. The van der Waals surface area contributed by atoms with E-state index in [0.717, 1.165) is 38.4 Å². The second-order valence-corrected chi connectivity index (χ2v) is 8.13. The van der Waals surface area contributed by atoms with Gasteiger partial charge in [-0.25, -0.2) is 0 Å². The Morgan fingerprint density at radius 3 is 1.57 bits per heavy atom. The summed E-state index contributed by atoms with van der Waals surface area (Å²) in [6.07, 6.45) is 0. The average molecular weight is 399 g/mol. The summed E-state index contributed by atoms with van der Waals surface area (Å²) in [4.78, 5) is 12.6. The molecule has 0 aliphatic rings. The third-order valence-electron chi connectivity index (χ3n) is 6.22. The molecule has 130 valence electrons. The first-order valence-electron chi connectivity index (χ1n) is 9.13. The van der Waals surface area contributed by atoms with Crippen molar-refractivity contribution in [1.82, 2.24) is 15.0 Å². The predicted octanol–water partition coefficient (Wildman–Crippen LogP) is -7.45. The summed E-state index contributed by atoms with van der Waals surface area (Å²) in [6, 6.07) is 0. The summed E-state index contributed by atoms with van der Waals surface area (Å²) in [7, 11) is 14.9. The zero-order chi connectivity index (χ0) is 20.5. The largest absolute Gasteiger partial charge is 0.456 e. The third kappa shape index (κ3) is 2.67. The lowest BCUT2D eigenvalue weighted by molar-refractivity contribution is 0.673. The monoisotopic (exact) mass is 399 g/mol. The van der Waals surface area contributed by atoms with Crippen molar-refractivity contribution in [3.63, 3.8) is 0 Å². The van der Waals surface area contributed by atoms with Crippen LogP contribution in [-0.4, -0.2) is 69.9 Å². The quantitative estimate of drug-likeness (QED) is 0.299. The molecule has 0 spiro atoms. The van der Waals surface area contributed by atoms with Gasteiger partial charge in [0.05, 0.1) is 5.56 Å². The van der Waals surface area contributed by atoms with Crippen molar-refractivity contribution < 1.29 is 4.42 Å². The summed E-state index contributed by atoms with van der Waals surface area (Å²) in [5.41, 5.74) is 10.9. The van der Waals surface area contributed by atoms with Crippen LogP contribution in [0.5, 0.6) is 0 Å². The molecule has 0 atom stereocenters. The number of hydrogen-bond acceptors (Lipinski definition) is 4. The molecule has 0 aliphatic heterocycles. The van der Waals surface area contributed by atoms with Crippen molar-refractivity contribution in [3.05, 3.63) is 10.6 Å². The fraction of sp³-hybridized carbons (Fsp3) is 0. The fourth-order valence-corrected chi connectivity index (χ4v) is 4.40. The van der Waals surface area contributed by atoms with Crippen LogP contribution in [0.15, 0.2) is 4.42 Å². The average Bonchev–Trinajstić information content (AvgIpc) is 3.02. The molecule has 4 aromatic rings. The molecule has 0 amide bonds. The highest BCUT2D eigenvalue weighted by atomic mass is 35.5. The van der Waals surface area contributed by atoms with E-state index in [0.29, 0.717) is 5.82 Å². The molecular formula is C15H14B7Cl2N3O. The van der Waals surface area contributed by atoms with Gasteiger partial charge in [-0.1, -0.05) is 32.8 Å². The highest BCUT2D eigenvalue weighted by Crippen LogP contribution is 2.30. The highest BCUT2D eigenvalue weighted by molar-refractivity contribution is 6.69. The first-order valence-corrected chi connectivity index (χ1v) is 9.88. The van der Waals surface area contributed by atoms with E-state index in [1.165, 1.54) is 27.3 Å². The number of fused-ring (bicyclic) bond motifs is 3. The van der Waals surface area contributed by atoms with Gasteiger partial charge < -0.3 is 4.42 Å². The molecule has 0 saturated carbocycles. The molecule has 0 aliphatic carbocycles. The topological polar surface area (TPSA) is 51.8 Å². The molecule has 0 bridgehead atoms. The van der Waals surface area contributed by atoms with E-state index in [1.807, 2.05) is 7.85 Å². The second-order valence-electron chi connectivity index (χ2n) is 7.46. The van der Waals surface area contributed by atoms with Gasteiger partial charge in [0.15, 0.2) is 5.82 Å². The Balaban J connectivity index is 2.30. The number of rotatable bonds is 1. The van der Waals surface area contributed by atoms with Gasteiger partial charge in [-0.2, -0.15) is 15.0 Å². The number of furan rings is 1. The Morgan fingerprint density at radius 1 is 0.536 bits per heavy atom. The van der Waals surface area contributed by atoms with Crippen LogP contribution in [0.2, 0.25) is 10.6 Å². The van der Waals surface area contributed by atoms with Crippen molar-refractivity contribution in [3.8, 4) is 11.4 Å². The number of benzene rings is 2. The van der Waals surface area contributed by atoms with Crippen LogP contribution in [0.25, 0.3) is 33.3 Å². The van der Waals surface area contributed by atoms with Gasteiger partial charge in [0.25, 0.3) is 0 Å². The zero-order valence-corrected chi connectivity index (χ0v) is 18.5. The maximum absolute atomic E-state index is 6.50. The number of nitrogens with zero attached hydrogens (tertiary/aromatic N) is 3. The summed E-state index contributed by atoms with van der Waals surface area (Å²) in [5, 5.41) is 2.39. The van der Waals surface area contributed by atoms with E-state index in [-0.39, 0.29) is 10.6 Å². The Bertz CT molecular complexity index is 1310. The Kier molecular flexibility index (Phi) is 4.67. The molecule has 2 heterocycles. The van der Waals surface area contributed by atoms with Gasteiger partial charge in [0, 0.05) is 10.8 Å². The van der Waals surface area contributed by atoms with Gasteiger partial charge in [0.1, 0.15) is 66.1 Å². The number of aromatic nitrogens is 3.